The van der Waals surface area contributed by atoms with E-state index < -0.39 is 5.97 Å². The van der Waals surface area contributed by atoms with E-state index in [1.165, 1.54) is 7.11 Å². The second-order valence-corrected chi connectivity index (χ2v) is 5.31. The summed E-state index contributed by atoms with van der Waals surface area (Å²) in [6.45, 7) is 0. The van der Waals surface area contributed by atoms with E-state index >= 15 is 0 Å². The molecule has 3 rings (SSSR count). The number of carbonyl (C=O) groups is 1. The van der Waals surface area contributed by atoms with Crippen molar-refractivity contribution in [2.75, 3.05) is 31.4 Å². The van der Waals surface area contributed by atoms with Gasteiger partial charge >= 0.3 is 5.97 Å². The fourth-order valence-electron chi connectivity index (χ4n) is 2.24. The molecule has 0 aliphatic heterocycles. The van der Waals surface area contributed by atoms with Crippen molar-refractivity contribution in [2.45, 2.75) is 0 Å². The molecule has 0 radical (unpaired) electrons. The number of hydrogen-bond donors (Lipinski definition) is 1. The van der Waals surface area contributed by atoms with Crippen LogP contribution >= 0.6 is 0 Å². The largest absolute Gasteiger partial charge is 0.464 e. The summed E-state index contributed by atoms with van der Waals surface area (Å²) in [5.74, 6) is 0.585. The Morgan fingerprint density at radius 3 is 2.46 bits per heavy atom. The lowest BCUT2D eigenvalue weighted by atomic mass is 10.3. The van der Waals surface area contributed by atoms with Crippen LogP contribution in [0.5, 0.6) is 0 Å². The van der Waals surface area contributed by atoms with Crippen molar-refractivity contribution in [1.82, 2.24) is 15.0 Å². The molecule has 0 amide bonds. The number of benzene rings is 1. The van der Waals surface area contributed by atoms with Gasteiger partial charge in [0.1, 0.15) is 11.2 Å². The first kappa shape index (κ1) is 15.7. The summed E-state index contributed by atoms with van der Waals surface area (Å²) >= 11 is 0. The molecule has 0 aliphatic rings. The lowest BCUT2D eigenvalue weighted by Crippen LogP contribution is -2.14. The Morgan fingerprint density at radius 2 is 1.79 bits per heavy atom. The minimum atomic E-state index is -0.493. The fourth-order valence-corrected chi connectivity index (χ4v) is 2.24. The quantitative estimate of drug-likeness (QED) is 0.739. The molecule has 2 aromatic heterocycles. The number of nitrogens with zero attached hydrogens (tertiary/aromatic N) is 4. The van der Waals surface area contributed by atoms with Crippen LogP contribution in [0.2, 0.25) is 0 Å². The first-order chi connectivity index (χ1) is 11.6. The Balaban J connectivity index is 2.09. The maximum atomic E-state index is 11.7. The number of ether oxygens (including phenoxy) is 1. The second-order valence-electron chi connectivity index (χ2n) is 5.31. The van der Waals surface area contributed by atoms with Gasteiger partial charge in [-0.05, 0) is 24.3 Å². The molecule has 2 heterocycles. The van der Waals surface area contributed by atoms with Gasteiger partial charge in [-0.3, -0.25) is 0 Å². The number of anilines is 3. The Morgan fingerprint density at radius 1 is 1.04 bits per heavy atom. The summed E-state index contributed by atoms with van der Waals surface area (Å²) in [6, 6.07) is 13.0. The van der Waals surface area contributed by atoms with Crippen LogP contribution in [0.3, 0.4) is 0 Å². The number of fused-ring (bicyclic) bond motifs is 1. The maximum absolute atomic E-state index is 11.7. The molecule has 1 aromatic carbocycles. The van der Waals surface area contributed by atoms with Crippen LogP contribution in [0.15, 0.2) is 42.5 Å². The normalized spacial score (nSPS) is 10.5. The van der Waals surface area contributed by atoms with E-state index in [2.05, 4.69) is 20.3 Å². The molecule has 0 fully saturated rings. The van der Waals surface area contributed by atoms with Gasteiger partial charge in [0.2, 0.25) is 5.95 Å². The average Bonchev–Trinajstić information content (AvgIpc) is 2.60. The molecule has 3 aromatic rings. The van der Waals surface area contributed by atoms with Crippen molar-refractivity contribution in [1.29, 1.82) is 0 Å². The van der Waals surface area contributed by atoms with Gasteiger partial charge in [0.15, 0.2) is 5.82 Å². The molecule has 24 heavy (non-hydrogen) atoms. The van der Waals surface area contributed by atoms with Crippen LogP contribution in [-0.2, 0) is 4.74 Å². The number of carbonyl (C=O) groups excluding carboxylic acids is 1. The Bertz CT molecular complexity index is 881. The zero-order chi connectivity index (χ0) is 17.1. The number of rotatable bonds is 4. The van der Waals surface area contributed by atoms with Crippen LogP contribution in [0.4, 0.5) is 17.5 Å². The van der Waals surface area contributed by atoms with Gasteiger partial charge in [-0.15, -0.1) is 0 Å². The SMILES string of the molecule is COC(=O)c1ccc2nc(Nc3ccccc3)nc(N(C)C)c2n1. The molecule has 122 valence electrons. The lowest BCUT2D eigenvalue weighted by Gasteiger charge is -2.15. The average molecular weight is 323 g/mol. The van der Waals surface area contributed by atoms with E-state index in [4.69, 9.17) is 4.74 Å². The first-order valence-electron chi connectivity index (χ1n) is 7.35. The molecule has 0 spiro atoms. The van der Waals surface area contributed by atoms with Crippen LogP contribution in [0, 0.1) is 0 Å². The number of para-hydroxylation sites is 1. The molecular formula is C17H17N5O2. The topological polar surface area (TPSA) is 80.2 Å². The van der Waals surface area contributed by atoms with Gasteiger partial charge in [-0.25, -0.2) is 14.8 Å². The molecule has 7 nitrogen and oxygen atoms in total. The Kier molecular flexibility index (Phi) is 4.24. The standard InChI is InChI=1S/C17H17N5O2/c1-22(2)15-14-12(9-10-13(19-14)16(23)24-3)20-17(21-15)18-11-7-5-4-6-8-11/h4-10H,1-3H3,(H,18,20,21). The highest BCUT2D eigenvalue weighted by molar-refractivity contribution is 5.93. The van der Waals surface area contributed by atoms with Crippen LogP contribution in [0.25, 0.3) is 11.0 Å². The summed E-state index contributed by atoms with van der Waals surface area (Å²) in [5, 5.41) is 3.17. The highest BCUT2D eigenvalue weighted by Crippen LogP contribution is 2.24. The molecule has 1 N–H and O–H groups in total. The summed E-state index contributed by atoms with van der Waals surface area (Å²) < 4.78 is 4.72. The molecule has 0 saturated heterocycles. The number of pyridine rings is 1. The summed E-state index contributed by atoms with van der Waals surface area (Å²) in [7, 11) is 5.05. The van der Waals surface area contributed by atoms with Gasteiger partial charge < -0.3 is 15.0 Å². The first-order valence-corrected chi connectivity index (χ1v) is 7.35. The summed E-state index contributed by atoms with van der Waals surface area (Å²) in [6.07, 6.45) is 0. The molecule has 0 atom stereocenters. The van der Waals surface area contributed by atoms with E-state index in [1.807, 2.05) is 49.3 Å². The highest BCUT2D eigenvalue weighted by atomic mass is 16.5. The summed E-state index contributed by atoms with van der Waals surface area (Å²) in [4.78, 5) is 26.9. The monoisotopic (exact) mass is 323 g/mol. The number of methoxy groups -OCH3 is 1. The van der Waals surface area contributed by atoms with Crippen LogP contribution in [-0.4, -0.2) is 42.1 Å². The number of aromatic nitrogens is 3. The Labute approximate surface area is 139 Å². The fraction of sp³-hybridized carbons (Fsp3) is 0.176. The molecule has 0 aliphatic carbocycles. The van der Waals surface area contributed by atoms with E-state index in [0.717, 1.165) is 5.69 Å². The molecule has 7 heteroatoms. The van der Waals surface area contributed by atoms with Gasteiger partial charge in [-0.1, -0.05) is 18.2 Å². The number of hydrogen-bond acceptors (Lipinski definition) is 7. The molecule has 0 bridgehead atoms. The lowest BCUT2D eigenvalue weighted by molar-refractivity contribution is 0.0594. The third-order valence-corrected chi connectivity index (χ3v) is 3.37. The zero-order valence-corrected chi connectivity index (χ0v) is 13.6. The van der Waals surface area contributed by atoms with Gasteiger partial charge in [0, 0.05) is 19.8 Å². The van der Waals surface area contributed by atoms with E-state index in [0.29, 0.717) is 22.8 Å². The predicted molar refractivity (Wildman–Crippen MR) is 92.7 cm³/mol. The van der Waals surface area contributed by atoms with Crippen molar-refractivity contribution < 1.29 is 9.53 Å². The van der Waals surface area contributed by atoms with Crippen molar-refractivity contribution in [3.8, 4) is 0 Å². The van der Waals surface area contributed by atoms with E-state index in [1.54, 1.807) is 12.1 Å². The summed E-state index contributed by atoms with van der Waals surface area (Å²) in [5.41, 5.74) is 2.29. The van der Waals surface area contributed by atoms with Crippen LogP contribution in [0.1, 0.15) is 10.5 Å². The Hall–Kier alpha value is -3.22. The second kappa shape index (κ2) is 6.49. The molecule has 0 unspecified atom stereocenters. The zero-order valence-electron chi connectivity index (χ0n) is 13.6. The van der Waals surface area contributed by atoms with Gasteiger partial charge in [-0.2, -0.15) is 4.98 Å². The third kappa shape index (κ3) is 3.10. The molecular weight excluding hydrogens is 306 g/mol. The van der Waals surface area contributed by atoms with Crippen molar-refractivity contribution >= 4 is 34.5 Å². The van der Waals surface area contributed by atoms with Crippen molar-refractivity contribution in [2.24, 2.45) is 0 Å². The van der Waals surface area contributed by atoms with Crippen molar-refractivity contribution in [3.63, 3.8) is 0 Å². The van der Waals surface area contributed by atoms with E-state index in [9.17, 15) is 4.79 Å². The third-order valence-electron chi connectivity index (χ3n) is 3.37. The highest BCUT2D eigenvalue weighted by Gasteiger charge is 2.15. The van der Waals surface area contributed by atoms with Gasteiger partial charge in [0.05, 0.1) is 12.6 Å². The minimum Gasteiger partial charge on any atom is -0.464 e. The number of nitrogens with one attached hydrogen (secondary N) is 1. The van der Waals surface area contributed by atoms with E-state index in [-0.39, 0.29) is 5.69 Å². The maximum Gasteiger partial charge on any atom is 0.356 e. The molecule has 0 saturated carbocycles. The van der Waals surface area contributed by atoms with Crippen molar-refractivity contribution in [3.05, 3.63) is 48.2 Å². The van der Waals surface area contributed by atoms with Crippen LogP contribution < -0.4 is 10.2 Å². The number of esters is 1. The minimum absolute atomic E-state index is 0.223. The smallest absolute Gasteiger partial charge is 0.356 e. The predicted octanol–water partition coefficient (Wildman–Crippen LogP) is 2.62. The van der Waals surface area contributed by atoms with Gasteiger partial charge in [0.25, 0.3) is 0 Å².